The molecule has 154 valence electrons. The molecule has 0 saturated carbocycles. The number of hydrogen-bond acceptors (Lipinski definition) is 5. The maximum absolute atomic E-state index is 12.9. The van der Waals surface area contributed by atoms with Gasteiger partial charge in [0.1, 0.15) is 0 Å². The molecule has 9 heteroatoms. The van der Waals surface area contributed by atoms with Crippen LogP contribution in [0.3, 0.4) is 0 Å². The van der Waals surface area contributed by atoms with E-state index in [-0.39, 0.29) is 21.7 Å². The molecule has 3 aromatic carbocycles. The Hall–Kier alpha value is -2.92. The Morgan fingerprint density at radius 3 is 2.30 bits per heavy atom. The molecule has 0 aliphatic heterocycles. The summed E-state index contributed by atoms with van der Waals surface area (Å²) in [5, 5.41) is 13.7. The number of aryl methyl sites for hydroxylation is 1. The molecule has 0 heterocycles. The number of halogens is 1. The fourth-order valence-electron chi connectivity index (χ4n) is 2.72. The molecule has 0 aliphatic rings. The standard InChI is InChI=1S/C21H17IN2O5S/c1-13-6-7-14(20(25)23-18-5-3-2-4-17(18)21(26)27)12-19(13)30(28,29)24-16-10-8-15(22)9-11-16/h2-12,24H,1H3,(H,23,25)(H,26,27)/p-1. The summed E-state index contributed by atoms with van der Waals surface area (Å²) in [6, 6.07) is 16.9. The van der Waals surface area contributed by atoms with Gasteiger partial charge in [0, 0.05) is 20.4 Å². The molecule has 0 unspecified atom stereocenters. The van der Waals surface area contributed by atoms with E-state index >= 15 is 0 Å². The topological polar surface area (TPSA) is 115 Å². The minimum absolute atomic E-state index is 0.0538. The van der Waals surface area contributed by atoms with Crippen molar-refractivity contribution < 1.29 is 23.1 Å². The third-order valence-corrected chi connectivity index (χ3v) is 6.47. The molecule has 0 bridgehead atoms. The van der Waals surface area contributed by atoms with Crippen molar-refractivity contribution in [3.05, 3.63) is 87.0 Å². The zero-order valence-electron chi connectivity index (χ0n) is 15.7. The van der Waals surface area contributed by atoms with Gasteiger partial charge >= 0.3 is 0 Å². The van der Waals surface area contributed by atoms with Crippen molar-refractivity contribution in [3.8, 4) is 0 Å². The number of amides is 1. The number of carbonyl (C=O) groups excluding carboxylic acids is 2. The van der Waals surface area contributed by atoms with Crippen molar-refractivity contribution in [2.24, 2.45) is 0 Å². The van der Waals surface area contributed by atoms with Crippen LogP contribution in [0.4, 0.5) is 11.4 Å². The van der Waals surface area contributed by atoms with Crippen molar-refractivity contribution in [3.63, 3.8) is 0 Å². The lowest BCUT2D eigenvalue weighted by Gasteiger charge is -2.14. The van der Waals surface area contributed by atoms with E-state index in [0.29, 0.717) is 11.3 Å². The summed E-state index contributed by atoms with van der Waals surface area (Å²) in [4.78, 5) is 23.8. The third kappa shape index (κ3) is 4.97. The van der Waals surface area contributed by atoms with E-state index in [4.69, 9.17) is 0 Å². The second-order valence-corrected chi connectivity index (χ2v) is 9.28. The zero-order valence-corrected chi connectivity index (χ0v) is 18.7. The number of carboxylic acids is 1. The van der Waals surface area contributed by atoms with Gasteiger partial charge in [0.25, 0.3) is 15.9 Å². The zero-order chi connectivity index (χ0) is 21.9. The Labute approximate surface area is 187 Å². The second-order valence-electron chi connectivity index (χ2n) is 6.38. The number of benzene rings is 3. The van der Waals surface area contributed by atoms with E-state index in [0.717, 1.165) is 3.57 Å². The highest BCUT2D eigenvalue weighted by Crippen LogP contribution is 2.23. The highest BCUT2D eigenvalue weighted by Gasteiger charge is 2.20. The Balaban J connectivity index is 1.90. The Bertz CT molecular complexity index is 1220. The van der Waals surface area contributed by atoms with Crippen molar-refractivity contribution in [2.45, 2.75) is 11.8 Å². The van der Waals surface area contributed by atoms with Crippen molar-refractivity contribution in [2.75, 3.05) is 10.0 Å². The Kier molecular flexibility index (Phi) is 6.42. The molecule has 1 amide bonds. The average molecular weight is 535 g/mol. The predicted molar refractivity (Wildman–Crippen MR) is 120 cm³/mol. The van der Waals surface area contributed by atoms with E-state index in [1.165, 1.54) is 36.4 Å². The van der Waals surface area contributed by atoms with Crippen molar-refractivity contribution in [1.82, 2.24) is 0 Å². The number of carbonyl (C=O) groups is 2. The van der Waals surface area contributed by atoms with Crippen LogP contribution in [0.15, 0.2) is 71.6 Å². The van der Waals surface area contributed by atoms with Crippen LogP contribution in [0.2, 0.25) is 0 Å². The molecule has 0 spiro atoms. The van der Waals surface area contributed by atoms with E-state index in [2.05, 4.69) is 32.6 Å². The van der Waals surface area contributed by atoms with Crippen LogP contribution < -0.4 is 15.1 Å². The first kappa shape index (κ1) is 21.8. The van der Waals surface area contributed by atoms with Gasteiger partial charge in [-0.15, -0.1) is 0 Å². The summed E-state index contributed by atoms with van der Waals surface area (Å²) < 4.78 is 29.2. The monoisotopic (exact) mass is 535 g/mol. The molecule has 3 aromatic rings. The lowest BCUT2D eigenvalue weighted by atomic mass is 10.1. The van der Waals surface area contributed by atoms with Crippen molar-refractivity contribution in [1.29, 1.82) is 0 Å². The normalized spacial score (nSPS) is 11.0. The van der Waals surface area contributed by atoms with Gasteiger partial charge in [-0.1, -0.05) is 24.3 Å². The first-order chi connectivity index (χ1) is 14.2. The van der Waals surface area contributed by atoms with Crippen LogP contribution in [-0.4, -0.2) is 20.3 Å². The van der Waals surface area contributed by atoms with Gasteiger partial charge in [-0.05, 0) is 77.5 Å². The Morgan fingerprint density at radius 1 is 0.967 bits per heavy atom. The highest BCUT2D eigenvalue weighted by molar-refractivity contribution is 14.1. The van der Waals surface area contributed by atoms with E-state index in [1.54, 1.807) is 37.3 Å². The number of para-hydroxylation sites is 1. The number of rotatable bonds is 6. The fraction of sp³-hybridized carbons (Fsp3) is 0.0476. The van der Waals surface area contributed by atoms with Crippen LogP contribution >= 0.6 is 22.6 Å². The minimum Gasteiger partial charge on any atom is -0.545 e. The second kappa shape index (κ2) is 8.84. The van der Waals surface area contributed by atoms with Gasteiger partial charge in [0.2, 0.25) is 0 Å². The maximum Gasteiger partial charge on any atom is 0.262 e. The molecule has 7 nitrogen and oxygen atoms in total. The third-order valence-electron chi connectivity index (χ3n) is 4.23. The predicted octanol–water partition coefficient (Wildman–Crippen LogP) is 3.02. The first-order valence-electron chi connectivity index (χ1n) is 8.68. The molecule has 2 N–H and O–H groups in total. The highest BCUT2D eigenvalue weighted by atomic mass is 127. The smallest absolute Gasteiger partial charge is 0.262 e. The minimum atomic E-state index is -3.94. The van der Waals surface area contributed by atoms with Crippen molar-refractivity contribution >= 4 is 55.9 Å². The molecular weight excluding hydrogens is 519 g/mol. The molecule has 0 atom stereocenters. The number of aromatic carboxylic acids is 1. The molecule has 0 aliphatic carbocycles. The van der Waals surface area contributed by atoms with Crippen LogP contribution in [0.1, 0.15) is 26.3 Å². The fourth-order valence-corrected chi connectivity index (χ4v) is 4.41. The molecule has 0 fully saturated rings. The van der Waals surface area contributed by atoms with Crippen LogP contribution in [0, 0.1) is 10.5 Å². The summed E-state index contributed by atoms with van der Waals surface area (Å²) in [5.41, 5.74) is 0.805. The molecule has 0 saturated heterocycles. The number of anilines is 2. The van der Waals surface area contributed by atoms with Gasteiger partial charge in [-0.25, -0.2) is 8.42 Å². The molecule has 0 aromatic heterocycles. The van der Waals surface area contributed by atoms with Gasteiger partial charge in [-0.2, -0.15) is 0 Å². The van der Waals surface area contributed by atoms with Gasteiger partial charge in [0.05, 0.1) is 16.6 Å². The number of hydrogen-bond donors (Lipinski definition) is 2. The molecule has 30 heavy (non-hydrogen) atoms. The Morgan fingerprint density at radius 2 is 1.63 bits per heavy atom. The lowest BCUT2D eigenvalue weighted by Crippen LogP contribution is -2.25. The van der Waals surface area contributed by atoms with E-state index < -0.39 is 21.9 Å². The van der Waals surface area contributed by atoms with Gasteiger partial charge < -0.3 is 15.2 Å². The van der Waals surface area contributed by atoms with Crippen LogP contribution in [0.5, 0.6) is 0 Å². The lowest BCUT2D eigenvalue weighted by molar-refractivity contribution is -0.254. The summed E-state index contributed by atoms with van der Waals surface area (Å²) in [6.45, 7) is 1.62. The van der Waals surface area contributed by atoms with Gasteiger partial charge in [0.15, 0.2) is 0 Å². The summed E-state index contributed by atoms with van der Waals surface area (Å²) in [6.07, 6.45) is 0. The number of sulfonamides is 1. The van der Waals surface area contributed by atoms with Crippen LogP contribution in [-0.2, 0) is 10.0 Å². The maximum atomic E-state index is 12.9. The summed E-state index contributed by atoms with van der Waals surface area (Å²) >= 11 is 2.11. The SMILES string of the molecule is Cc1ccc(C(=O)Nc2ccccc2C(=O)[O-])cc1S(=O)(=O)Nc1ccc(I)cc1. The molecule has 0 radical (unpaired) electrons. The van der Waals surface area contributed by atoms with E-state index in [1.807, 2.05) is 0 Å². The summed E-state index contributed by atoms with van der Waals surface area (Å²) in [5.74, 6) is -2.07. The van der Waals surface area contributed by atoms with Gasteiger partial charge in [-0.3, -0.25) is 9.52 Å². The number of carboxylic acid groups (broad SMARTS) is 1. The molecule has 3 rings (SSSR count). The number of nitrogens with one attached hydrogen (secondary N) is 2. The quantitative estimate of drug-likeness (QED) is 0.471. The van der Waals surface area contributed by atoms with E-state index in [9.17, 15) is 23.1 Å². The largest absolute Gasteiger partial charge is 0.545 e. The average Bonchev–Trinajstić information content (AvgIpc) is 2.70. The first-order valence-corrected chi connectivity index (χ1v) is 11.2. The molecular formula is C21H16IN2O5S-. The summed E-state index contributed by atoms with van der Waals surface area (Å²) in [7, 11) is -3.94. The van der Waals surface area contributed by atoms with Crippen LogP contribution in [0.25, 0.3) is 0 Å².